The molecule has 1 heterocycles. The van der Waals surface area contributed by atoms with Crippen LogP contribution in [0.4, 0.5) is 0 Å². The van der Waals surface area contributed by atoms with Gasteiger partial charge in [-0.3, -0.25) is 9.59 Å². The molecule has 1 saturated heterocycles. The van der Waals surface area contributed by atoms with Gasteiger partial charge in [-0.15, -0.1) is 0 Å². The molecule has 1 fully saturated rings. The summed E-state index contributed by atoms with van der Waals surface area (Å²) in [7, 11) is 0. The number of aliphatic hydroxyl groups is 4. The van der Waals surface area contributed by atoms with E-state index in [9.17, 15) is 19.8 Å². The summed E-state index contributed by atoms with van der Waals surface area (Å²) in [6, 6.07) is -1.29. The Morgan fingerprint density at radius 1 is 1.32 bits per heavy atom. The zero-order valence-electron chi connectivity index (χ0n) is 10.2. The lowest BCUT2D eigenvalue weighted by Crippen LogP contribution is -2.65. The standard InChI is InChI=1S/C10H17NO8/c1-4(14)18-9-5(2-12)19-10(17)7(8(9)16)11-6(15)3-13/h5,7-10,12-13,16-17H,2-3H2,1H3,(H,11,15)/t5-,7-,8-,9-,10?/m1/s1. The van der Waals surface area contributed by atoms with Gasteiger partial charge in [-0.25, -0.2) is 0 Å². The molecule has 110 valence electrons. The first-order valence-electron chi connectivity index (χ1n) is 5.60. The van der Waals surface area contributed by atoms with Crippen molar-refractivity contribution in [2.45, 2.75) is 37.6 Å². The second-order valence-electron chi connectivity index (χ2n) is 4.06. The lowest BCUT2D eigenvalue weighted by Gasteiger charge is -2.41. The molecule has 0 bridgehead atoms. The normalized spacial score (nSPS) is 34.7. The highest BCUT2D eigenvalue weighted by atomic mass is 16.6. The van der Waals surface area contributed by atoms with Crippen molar-refractivity contribution in [2.75, 3.05) is 13.2 Å². The van der Waals surface area contributed by atoms with E-state index in [2.05, 4.69) is 5.32 Å². The Bertz CT molecular complexity index is 335. The van der Waals surface area contributed by atoms with Crippen molar-refractivity contribution in [3.8, 4) is 0 Å². The molecule has 1 rings (SSSR count). The molecule has 5 N–H and O–H groups in total. The zero-order chi connectivity index (χ0) is 14.6. The predicted molar refractivity (Wildman–Crippen MR) is 58.5 cm³/mol. The first kappa shape index (κ1) is 15.8. The van der Waals surface area contributed by atoms with E-state index in [4.69, 9.17) is 19.7 Å². The summed E-state index contributed by atoms with van der Waals surface area (Å²) >= 11 is 0. The van der Waals surface area contributed by atoms with E-state index in [1.54, 1.807) is 0 Å². The van der Waals surface area contributed by atoms with Crippen LogP contribution in [0.15, 0.2) is 0 Å². The number of rotatable bonds is 4. The fourth-order valence-corrected chi connectivity index (χ4v) is 1.81. The van der Waals surface area contributed by atoms with Crippen LogP contribution in [0.5, 0.6) is 0 Å². The Hall–Kier alpha value is -1.26. The minimum Gasteiger partial charge on any atom is -0.457 e. The first-order chi connectivity index (χ1) is 8.90. The second kappa shape index (κ2) is 6.78. The van der Waals surface area contributed by atoms with Gasteiger partial charge in [0.2, 0.25) is 5.91 Å². The Labute approximate surface area is 108 Å². The van der Waals surface area contributed by atoms with Crippen LogP contribution in [-0.2, 0) is 19.1 Å². The summed E-state index contributed by atoms with van der Waals surface area (Å²) < 4.78 is 9.75. The van der Waals surface area contributed by atoms with E-state index in [-0.39, 0.29) is 0 Å². The predicted octanol–water partition coefficient (Wildman–Crippen LogP) is -3.53. The van der Waals surface area contributed by atoms with Crippen LogP contribution in [0.25, 0.3) is 0 Å². The van der Waals surface area contributed by atoms with Crippen LogP contribution in [-0.4, -0.2) is 76.2 Å². The van der Waals surface area contributed by atoms with Gasteiger partial charge >= 0.3 is 5.97 Å². The van der Waals surface area contributed by atoms with Crippen LogP contribution in [0.1, 0.15) is 6.92 Å². The first-order valence-corrected chi connectivity index (χ1v) is 5.60. The highest BCUT2D eigenvalue weighted by molar-refractivity contribution is 5.77. The molecule has 0 radical (unpaired) electrons. The van der Waals surface area contributed by atoms with Crippen molar-refractivity contribution in [1.82, 2.24) is 5.32 Å². The molecule has 1 unspecified atom stereocenters. The van der Waals surface area contributed by atoms with Crippen molar-refractivity contribution >= 4 is 11.9 Å². The fraction of sp³-hybridized carbons (Fsp3) is 0.800. The fourth-order valence-electron chi connectivity index (χ4n) is 1.81. The van der Waals surface area contributed by atoms with Gasteiger partial charge in [0.1, 0.15) is 24.9 Å². The quantitative estimate of drug-likeness (QED) is 0.333. The van der Waals surface area contributed by atoms with Crippen molar-refractivity contribution < 1.29 is 39.5 Å². The van der Waals surface area contributed by atoms with Gasteiger partial charge in [0.05, 0.1) is 6.61 Å². The van der Waals surface area contributed by atoms with Crippen LogP contribution in [0, 0.1) is 0 Å². The summed E-state index contributed by atoms with van der Waals surface area (Å²) in [5, 5.41) is 39.4. The molecule has 1 amide bonds. The Kier molecular flexibility index (Phi) is 5.63. The highest BCUT2D eigenvalue weighted by Crippen LogP contribution is 2.22. The maximum atomic E-state index is 11.1. The number of amides is 1. The van der Waals surface area contributed by atoms with E-state index >= 15 is 0 Å². The number of hydrogen-bond acceptors (Lipinski definition) is 8. The van der Waals surface area contributed by atoms with E-state index in [0.29, 0.717) is 0 Å². The van der Waals surface area contributed by atoms with E-state index in [1.165, 1.54) is 0 Å². The third-order valence-electron chi connectivity index (χ3n) is 2.65. The minimum absolute atomic E-state index is 0.591. The van der Waals surface area contributed by atoms with E-state index < -0.39 is 55.7 Å². The van der Waals surface area contributed by atoms with Crippen LogP contribution in [0.3, 0.4) is 0 Å². The molecule has 1 aliphatic rings. The van der Waals surface area contributed by atoms with Gasteiger partial charge in [0.25, 0.3) is 0 Å². The summed E-state index contributed by atoms with van der Waals surface area (Å²) in [4.78, 5) is 22.0. The van der Waals surface area contributed by atoms with E-state index in [1.807, 2.05) is 0 Å². The maximum absolute atomic E-state index is 11.1. The minimum atomic E-state index is -1.60. The molecular weight excluding hydrogens is 262 g/mol. The average Bonchev–Trinajstić information content (AvgIpc) is 2.36. The Morgan fingerprint density at radius 3 is 2.42 bits per heavy atom. The number of carbonyl (C=O) groups excluding carboxylic acids is 2. The monoisotopic (exact) mass is 279 g/mol. The molecule has 0 spiro atoms. The summed E-state index contributed by atoms with van der Waals surface area (Å²) in [6.07, 6.45) is -5.44. The second-order valence-corrected chi connectivity index (χ2v) is 4.06. The lowest BCUT2D eigenvalue weighted by atomic mass is 9.96. The summed E-state index contributed by atoms with van der Waals surface area (Å²) in [6.45, 7) is -0.322. The smallest absolute Gasteiger partial charge is 0.303 e. The molecule has 0 aromatic heterocycles. The van der Waals surface area contributed by atoms with Crippen LogP contribution < -0.4 is 5.32 Å². The average molecular weight is 279 g/mol. The van der Waals surface area contributed by atoms with Crippen LogP contribution >= 0.6 is 0 Å². The van der Waals surface area contributed by atoms with Gasteiger partial charge in [0, 0.05) is 6.92 Å². The third kappa shape index (κ3) is 3.85. The number of hydrogen-bond donors (Lipinski definition) is 5. The maximum Gasteiger partial charge on any atom is 0.303 e. The number of esters is 1. The highest BCUT2D eigenvalue weighted by Gasteiger charge is 2.46. The molecule has 0 aromatic carbocycles. The summed E-state index contributed by atoms with van der Waals surface area (Å²) in [5.41, 5.74) is 0. The van der Waals surface area contributed by atoms with Gasteiger partial charge in [-0.05, 0) is 0 Å². The zero-order valence-corrected chi connectivity index (χ0v) is 10.2. The molecule has 1 aliphatic heterocycles. The van der Waals surface area contributed by atoms with Crippen molar-refractivity contribution in [3.63, 3.8) is 0 Å². The third-order valence-corrected chi connectivity index (χ3v) is 2.65. The van der Waals surface area contributed by atoms with Gasteiger partial charge in [0.15, 0.2) is 12.4 Å². The number of ether oxygens (including phenoxy) is 2. The molecule has 9 heteroatoms. The van der Waals surface area contributed by atoms with Crippen LogP contribution in [0.2, 0.25) is 0 Å². The van der Waals surface area contributed by atoms with Crippen molar-refractivity contribution in [3.05, 3.63) is 0 Å². The number of carbonyl (C=O) groups is 2. The molecule has 0 aromatic rings. The van der Waals surface area contributed by atoms with Gasteiger partial charge < -0.3 is 35.2 Å². The number of nitrogens with one attached hydrogen (secondary N) is 1. The Balaban J connectivity index is 2.83. The molecule has 5 atom stereocenters. The number of aliphatic hydroxyl groups excluding tert-OH is 4. The Morgan fingerprint density at radius 2 is 1.95 bits per heavy atom. The molecule has 19 heavy (non-hydrogen) atoms. The molecular formula is C10H17NO8. The van der Waals surface area contributed by atoms with Crippen molar-refractivity contribution in [1.29, 1.82) is 0 Å². The molecule has 0 aliphatic carbocycles. The molecule has 9 nitrogen and oxygen atoms in total. The molecule has 0 saturated carbocycles. The topological polar surface area (TPSA) is 146 Å². The van der Waals surface area contributed by atoms with Gasteiger partial charge in [-0.1, -0.05) is 0 Å². The van der Waals surface area contributed by atoms with Gasteiger partial charge in [-0.2, -0.15) is 0 Å². The summed E-state index contributed by atoms with van der Waals surface area (Å²) in [5.74, 6) is -1.55. The van der Waals surface area contributed by atoms with Crippen molar-refractivity contribution in [2.24, 2.45) is 0 Å². The largest absolute Gasteiger partial charge is 0.457 e. The van der Waals surface area contributed by atoms with E-state index in [0.717, 1.165) is 6.92 Å². The lowest BCUT2D eigenvalue weighted by molar-refractivity contribution is -0.259. The SMILES string of the molecule is CC(=O)O[C@H]1[C@H](O)[C@@H](NC(=O)CO)C(O)O[C@@H]1CO.